The van der Waals surface area contributed by atoms with Crippen LogP contribution in [-0.4, -0.2) is 30.7 Å². The monoisotopic (exact) mass is 316 g/mol. The molecule has 1 amide bonds. The summed E-state index contributed by atoms with van der Waals surface area (Å²) in [7, 11) is 0. The maximum Gasteiger partial charge on any atom is 0.246 e. The van der Waals surface area contributed by atoms with Gasteiger partial charge in [0.1, 0.15) is 12.2 Å². The second kappa shape index (κ2) is 5.86. The Morgan fingerprint density at radius 2 is 1.95 bits per heavy atom. The van der Waals surface area contributed by atoms with Crippen LogP contribution in [0.5, 0.6) is 11.8 Å². The third-order valence-electron chi connectivity index (χ3n) is 2.91. The number of carbonyl (C=O) groups is 1. The molecule has 7 nitrogen and oxygen atoms in total. The number of nitrogens with zero attached hydrogens (tertiary/aromatic N) is 3. The molecular weight excluding hydrogens is 304 g/mol. The minimum absolute atomic E-state index is 0.180. The van der Waals surface area contributed by atoms with E-state index in [0.717, 1.165) is 10.3 Å². The first-order valence-electron chi connectivity index (χ1n) is 6.38. The van der Waals surface area contributed by atoms with Crippen molar-refractivity contribution >= 4 is 22.4 Å². The number of nitrogens with one attached hydrogen (secondary N) is 1. The van der Waals surface area contributed by atoms with E-state index in [1.807, 2.05) is 18.2 Å². The zero-order chi connectivity index (χ0) is 15.5. The zero-order valence-corrected chi connectivity index (χ0v) is 12.1. The van der Waals surface area contributed by atoms with Crippen molar-refractivity contribution in [1.82, 2.24) is 14.5 Å². The van der Waals surface area contributed by atoms with Crippen molar-refractivity contribution in [3.8, 4) is 23.1 Å². The van der Waals surface area contributed by atoms with Gasteiger partial charge in [0.05, 0.1) is 5.69 Å². The van der Waals surface area contributed by atoms with E-state index in [2.05, 4.69) is 15.3 Å². The summed E-state index contributed by atoms with van der Waals surface area (Å²) in [6.45, 7) is -0.205. The highest BCUT2D eigenvalue weighted by Crippen LogP contribution is 2.24. The van der Waals surface area contributed by atoms with Gasteiger partial charge in [-0.2, -0.15) is 0 Å². The number of hydrogen-bond donors (Lipinski definition) is 3. The molecule has 22 heavy (non-hydrogen) atoms. The van der Waals surface area contributed by atoms with Crippen LogP contribution in [0.1, 0.15) is 0 Å². The molecule has 0 aliphatic heterocycles. The number of rotatable bonds is 4. The van der Waals surface area contributed by atoms with Gasteiger partial charge in [-0.3, -0.25) is 14.3 Å². The summed E-state index contributed by atoms with van der Waals surface area (Å²) in [5.74, 6) is -0.759. The van der Waals surface area contributed by atoms with Gasteiger partial charge in [0.15, 0.2) is 16.9 Å². The topological polar surface area (TPSA) is 100 Å². The van der Waals surface area contributed by atoms with Gasteiger partial charge < -0.3 is 15.5 Å². The van der Waals surface area contributed by atoms with Crippen LogP contribution in [0.2, 0.25) is 0 Å². The van der Waals surface area contributed by atoms with E-state index in [1.54, 1.807) is 11.6 Å². The molecule has 0 spiro atoms. The van der Waals surface area contributed by atoms with Gasteiger partial charge in [0, 0.05) is 23.7 Å². The lowest BCUT2D eigenvalue weighted by Crippen LogP contribution is -2.18. The van der Waals surface area contributed by atoms with Crippen LogP contribution in [0, 0.1) is 0 Å². The molecule has 3 N–H and O–H groups in total. The van der Waals surface area contributed by atoms with E-state index in [9.17, 15) is 15.0 Å². The van der Waals surface area contributed by atoms with Crippen molar-refractivity contribution in [2.45, 2.75) is 6.54 Å². The van der Waals surface area contributed by atoms with Crippen molar-refractivity contribution in [2.24, 2.45) is 0 Å². The molecule has 0 aliphatic carbocycles. The Balaban J connectivity index is 1.69. The van der Waals surface area contributed by atoms with E-state index in [-0.39, 0.29) is 18.3 Å². The van der Waals surface area contributed by atoms with Crippen molar-refractivity contribution in [2.75, 3.05) is 5.32 Å². The molecule has 0 unspecified atom stereocenters. The summed E-state index contributed by atoms with van der Waals surface area (Å²) in [5.41, 5.74) is 1.40. The largest absolute Gasteiger partial charge is 0.494 e. The van der Waals surface area contributed by atoms with Crippen LogP contribution in [0.15, 0.2) is 41.9 Å². The molecule has 0 atom stereocenters. The number of pyridine rings is 1. The second-order valence-corrected chi connectivity index (χ2v) is 5.30. The smallest absolute Gasteiger partial charge is 0.246 e. The number of hydrogen-bond acceptors (Lipinski definition) is 6. The lowest BCUT2D eigenvalue weighted by Gasteiger charge is -2.06. The Hall–Kier alpha value is -2.87. The van der Waals surface area contributed by atoms with Gasteiger partial charge in [-0.1, -0.05) is 6.07 Å². The first-order valence-corrected chi connectivity index (χ1v) is 7.25. The number of amides is 1. The second-order valence-electron chi connectivity index (χ2n) is 4.44. The van der Waals surface area contributed by atoms with Crippen molar-refractivity contribution in [1.29, 1.82) is 0 Å². The van der Waals surface area contributed by atoms with Crippen LogP contribution < -0.4 is 5.32 Å². The average Bonchev–Trinajstić information content (AvgIpc) is 3.10. The van der Waals surface area contributed by atoms with Gasteiger partial charge >= 0.3 is 0 Å². The summed E-state index contributed by atoms with van der Waals surface area (Å²) < 4.78 is 1.09. The molecule has 0 aromatic carbocycles. The van der Waals surface area contributed by atoms with Gasteiger partial charge in [-0.25, -0.2) is 4.98 Å². The van der Waals surface area contributed by atoms with Crippen LogP contribution >= 0.6 is 11.3 Å². The number of aromatic nitrogens is 3. The van der Waals surface area contributed by atoms with Crippen LogP contribution in [-0.2, 0) is 11.3 Å². The van der Waals surface area contributed by atoms with Crippen molar-refractivity contribution in [3.05, 3.63) is 41.9 Å². The summed E-state index contributed by atoms with van der Waals surface area (Å²) in [6, 6.07) is 8.12. The molecule has 0 radical (unpaired) electrons. The van der Waals surface area contributed by atoms with E-state index >= 15 is 0 Å². The fraction of sp³-hybridized carbons (Fsp3) is 0.0714. The lowest BCUT2D eigenvalue weighted by molar-refractivity contribution is -0.116. The Labute approximate surface area is 129 Å². The number of thiazole rings is 1. The normalized spacial score (nSPS) is 10.5. The van der Waals surface area contributed by atoms with E-state index in [0.29, 0.717) is 10.8 Å². The van der Waals surface area contributed by atoms with E-state index in [1.165, 1.54) is 23.5 Å². The average molecular weight is 316 g/mol. The zero-order valence-electron chi connectivity index (χ0n) is 11.3. The fourth-order valence-corrected chi connectivity index (χ4v) is 2.59. The van der Waals surface area contributed by atoms with Crippen LogP contribution in [0.25, 0.3) is 11.4 Å². The third-order valence-corrected chi connectivity index (χ3v) is 3.67. The van der Waals surface area contributed by atoms with E-state index in [4.69, 9.17) is 0 Å². The quantitative estimate of drug-likeness (QED) is 0.684. The molecule has 0 fully saturated rings. The lowest BCUT2D eigenvalue weighted by atomic mass is 10.3. The molecule has 3 aromatic rings. The Bertz CT molecular complexity index is 778. The van der Waals surface area contributed by atoms with Gasteiger partial charge in [0.25, 0.3) is 0 Å². The predicted octanol–water partition coefficient (Wildman–Crippen LogP) is 2.06. The highest BCUT2D eigenvalue weighted by molar-refractivity contribution is 7.14. The maximum atomic E-state index is 11.9. The molecule has 112 valence electrons. The Morgan fingerprint density at radius 3 is 2.64 bits per heavy atom. The molecule has 0 aliphatic rings. The van der Waals surface area contributed by atoms with E-state index < -0.39 is 5.91 Å². The molecule has 0 saturated heterocycles. The van der Waals surface area contributed by atoms with Gasteiger partial charge in [0.2, 0.25) is 5.91 Å². The minimum Gasteiger partial charge on any atom is -0.494 e. The Kier molecular flexibility index (Phi) is 3.75. The molecule has 0 bridgehead atoms. The Morgan fingerprint density at radius 1 is 1.18 bits per heavy atom. The molecule has 3 heterocycles. The van der Waals surface area contributed by atoms with Gasteiger partial charge in [-0.15, -0.1) is 11.3 Å². The fourth-order valence-electron chi connectivity index (χ4n) is 1.87. The summed E-state index contributed by atoms with van der Waals surface area (Å²) in [6.07, 6.45) is 1.67. The highest BCUT2D eigenvalue weighted by Gasteiger charge is 2.12. The van der Waals surface area contributed by atoms with Crippen LogP contribution in [0.4, 0.5) is 5.13 Å². The SMILES string of the molecule is O=C(Cn1c(O)ccc1O)Nc1nc(-c2ccccn2)cs1. The maximum absolute atomic E-state index is 11.9. The molecule has 3 aromatic heterocycles. The first kappa shape index (κ1) is 14.1. The van der Waals surface area contributed by atoms with Crippen molar-refractivity contribution < 1.29 is 15.0 Å². The highest BCUT2D eigenvalue weighted by atomic mass is 32.1. The van der Waals surface area contributed by atoms with Crippen molar-refractivity contribution in [3.63, 3.8) is 0 Å². The summed E-state index contributed by atoms with van der Waals surface area (Å²) in [4.78, 5) is 20.4. The molecule has 3 rings (SSSR count). The minimum atomic E-state index is -0.399. The molecule has 0 saturated carbocycles. The summed E-state index contributed by atoms with van der Waals surface area (Å²) in [5, 5.41) is 23.8. The first-order chi connectivity index (χ1) is 10.6. The standard InChI is InChI=1S/C14H12N4O3S/c19-11(7-18-12(20)4-5-13(18)21)17-14-16-10(8-22-14)9-3-1-2-6-15-9/h1-6,8,20-21H,7H2,(H,16,17,19). The van der Waals surface area contributed by atoms with Gasteiger partial charge in [-0.05, 0) is 12.1 Å². The summed E-state index contributed by atoms with van der Waals surface area (Å²) >= 11 is 1.28. The third kappa shape index (κ3) is 2.91. The number of anilines is 1. The molecule has 8 heteroatoms. The number of aromatic hydroxyl groups is 2. The predicted molar refractivity (Wildman–Crippen MR) is 81.7 cm³/mol. The number of carbonyl (C=O) groups excluding carboxylic acids is 1. The van der Waals surface area contributed by atoms with Crippen LogP contribution in [0.3, 0.4) is 0 Å². The molecular formula is C14H12N4O3S.